The number of rotatable bonds is 5. The minimum atomic E-state index is -1.07. The van der Waals surface area contributed by atoms with Crippen molar-refractivity contribution in [2.45, 2.75) is 32.0 Å². The molecule has 1 aromatic rings. The summed E-state index contributed by atoms with van der Waals surface area (Å²) in [6, 6.07) is 5.27. The molecule has 6 heteroatoms. The summed E-state index contributed by atoms with van der Waals surface area (Å²) in [5.74, 6) is 0.343. The fraction of sp³-hybridized carbons (Fsp3) is 0.429. The van der Waals surface area contributed by atoms with Gasteiger partial charge in [-0.1, -0.05) is 30.0 Å². The molecule has 0 bridgehead atoms. The van der Waals surface area contributed by atoms with E-state index in [2.05, 4.69) is 5.32 Å². The third kappa shape index (κ3) is 3.39. The number of aliphatic hydroxyl groups is 2. The van der Waals surface area contributed by atoms with Crippen LogP contribution in [0.3, 0.4) is 0 Å². The largest absolute Gasteiger partial charge is 0.390 e. The van der Waals surface area contributed by atoms with Crippen molar-refractivity contribution in [2.24, 2.45) is 0 Å². The van der Waals surface area contributed by atoms with Crippen molar-refractivity contribution in [3.05, 3.63) is 29.3 Å². The summed E-state index contributed by atoms with van der Waals surface area (Å²) in [6.45, 7) is 1.47. The van der Waals surface area contributed by atoms with Gasteiger partial charge in [-0.05, 0) is 12.0 Å². The topological polar surface area (TPSA) is 86.6 Å². The zero-order valence-corrected chi connectivity index (χ0v) is 11.9. The number of hydrogen-bond acceptors (Lipinski definition) is 5. The number of benzene rings is 1. The smallest absolute Gasteiger partial charge is 0.228 e. The molecule has 1 heterocycles. The van der Waals surface area contributed by atoms with Gasteiger partial charge in [0.15, 0.2) is 5.12 Å². The number of amides is 1. The molecule has 1 amide bonds. The van der Waals surface area contributed by atoms with E-state index in [1.165, 1.54) is 6.92 Å². The first-order valence-corrected chi connectivity index (χ1v) is 7.38. The Bertz CT molecular complexity index is 532. The molecule has 0 saturated heterocycles. The van der Waals surface area contributed by atoms with Gasteiger partial charge < -0.3 is 15.5 Å². The molecule has 0 spiro atoms. The summed E-state index contributed by atoms with van der Waals surface area (Å²) in [5.41, 5.74) is 1.95. The first kappa shape index (κ1) is 15.0. The molecule has 1 aromatic carbocycles. The fourth-order valence-electron chi connectivity index (χ4n) is 2.21. The zero-order chi connectivity index (χ0) is 14.7. The van der Waals surface area contributed by atoms with Gasteiger partial charge in [-0.15, -0.1) is 0 Å². The van der Waals surface area contributed by atoms with Crippen molar-refractivity contribution in [3.8, 4) is 0 Å². The second-order valence-corrected chi connectivity index (χ2v) is 6.02. The van der Waals surface area contributed by atoms with Crippen molar-refractivity contribution >= 4 is 28.5 Å². The van der Waals surface area contributed by atoms with Crippen LogP contribution in [-0.4, -0.2) is 33.1 Å². The van der Waals surface area contributed by atoms with E-state index in [9.17, 15) is 19.8 Å². The molecule has 0 radical (unpaired) electrons. The summed E-state index contributed by atoms with van der Waals surface area (Å²) >= 11 is 1.12. The van der Waals surface area contributed by atoms with Crippen LogP contribution in [-0.2, 0) is 16.0 Å². The molecule has 0 fully saturated rings. The lowest BCUT2D eigenvalue weighted by Crippen LogP contribution is -2.20. The van der Waals surface area contributed by atoms with Crippen molar-refractivity contribution in [1.29, 1.82) is 0 Å². The van der Waals surface area contributed by atoms with Gasteiger partial charge in [0.05, 0.1) is 18.2 Å². The number of thioether (sulfide) groups is 1. The average Bonchev–Trinajstić information content (AvgIpc) is 2.77. The van der Waals surface area contributed by atoms with E-state index in [1.807, 2.05) is 6.07 Å². The number of anilines is 1. The molecule has 1 aliphatic rings. The summed E-state index contributed by atoms with van der Waals surface area (Å²) in [6.07, 6.45) is -1.43. The van der Waals surface area contributed by atoms with Gasteiger partial charge >= 0.3 is 0 Å². The van der Waals surface area contributed by atoms with Crippen LogP contribution < -0.4 is 5.32 Å². The second kappa shape index (κ2) is 6.39. The van der Waals surface area contributed by atoms with Gasteiger partial charge in [0.2, 0.25) is 5.91 Å². The molecular weight excluding hydrogens is 278 g/mol. The van der Waals surface area contributed by atoms with E-state index in [-0.39, 0.29) is 11.0 Å². The second-order valence-electron chi connectivity index (χ2n) is 4.75. The van der Waals surface area contributed by atoms with Crippen molar-refractivity contribution in [2.75, 3.05) is 11.1 Å². The van der Waals surface area contributed by atoms with Crippen LogP contribution in [0.2, 0.25) is 0 Å². The fourth-order valence-corrected chi connectivity index (χ4v) is 2.86. The zero-order valence-electron chi connectivity index (χ0n) is 11.1. The van der Waals surface area contributed by atoms with Gasteiger partial charge in [-0.3, -0.25) is 9.59 Å². The Hall–Kier alpha value is -1.37. The van der Waals surface area contributed by atoms with Gasteiger partial charge in [-0.2, -0.15) is 0 Å². The maximum atomic E-state index is 11.4. The molecule has 2 unspecified atom stereocenters. The third-order valence-electron chi connectivity index (χ3n) is 3.20. The number of aliphatic hydroxyl groups excluding tert-OH is 2. The van der Waals surface area contributed by atoms with E-state index in [0.29, 0.717) is 29.8 Å². The summed E-state index contributed by atoms with van der Waals surface area (Å²) in [4.78, 5) is 22.2. The number of carbonyl (C=O) groups excluding carboxylic acids is 2. The molecule has 2 rings (SSSR count). The first-order valence-electron chi connectivity index (χ1n) is 6.40. The number of nitrogens with one attached hydrogen (secondary N) is 1. The third-order valence-corrected chi connectivity index (χ3v) is 4.05. The quantitative estimate of drug-likeness (QED) is 0.761. The Labute approximate surface area is 121 Å². The van der Waals surface area contributed by atoms with Crippen LogP contribution in [0.5, 0.6) is 0 Å². The van der Waals surface area contributed by atoms with Gasteiger partial charge in [-0.25, -0.2) is 0 Å². The first-order chi connectivity index (χ1) is 9.49. The Kier molecular flexibility index (Phi) is 4.80. The lowest BCUT2D eigenvalue weighted by molar-refractivity contribution is -0.115. The SMILES string of the molecule is CC(=O)SCCC(O)C(O)c1cccc2c1NC(=O)C2. The molecule has 0 aliphatic carbocycles. The van der Waals surface area contributed by atoms with Gasteiger partial charge in [0.25, 0.3) is 0 Å². The summed E-state index contributed by atoms with van der Waals surface area (Å²) in [7, 11) is 0. The van der Waals surface area contributed by atoms with Gasteiger partial charge in [0.1, 0.15) is 6.10 Å². The number of para-hydroxylation sites is 1. The van der Waals surface area contributed by atoms with E-state index >= 15 is 0 Å². The highest BCUT2D eigenvalue weighted by Gasteiger charge is 2.26. The highest BCUT2D eigenvalue weighted by molar-refractivity contribution is 8.13. The maximum absolute atomic E-state index is 11.4. The van der Waals surface area contributed by atoms with Crippen molar-refractivity contribution < 1.29 is 19.8 Å². The van der Waals surface area contributed by atoms with Gasteiger partial charge in [0, 0.05) is 18.2 Å². The normalized spacial score (nSPS) is 16.4. The molecule has 20 heavy (non-hydrogen) atoms. The van der Waals surface area contributed by atoms with E-state index in [1.54, 1.807) is 12.1 Å². The summed E-state index contributed by atoms with van der Waals surface area (Å²) in [5, 5.41) is 22.9. The lowest BCUT2D eigenvalue weighted by atomic mass is 9.98. The molecular formula is C14H17NO4S. The molecule has 1 aliphatic heterocycles. The van der Waals surface area contributed by atoms with Crippen LogP contribution in [0.25, 0.3) is 0 Å². The monoisotopic (exact) mass is 295 g/mol. The predicted molar refractivity (Wildman–Crippen MR) is 77.5 cm³/mol. The summed E-state index contributed by atoms with van der Waals surface area (Å²) < 4.78 is 0. The van der Waals surface area contributed by atoms with Crippen molar-refractivity contribution in [3.63, 3.8) is 0 Å². The van der Waals surface area contributed by atoms with E-state index in [4.69, 9.17) is 0 Å². The molecule has 2 atom stereocenters. The van der Waals surface area contributed by atoms with E-state index in [0.717, 1.165) is 17.3 Å². The molecule has 0 aromatic heterocycles. The molecule has 108 valence electrons. The maximum Gasteiger partial charge on any atom is 0.228 e. The standard InChI is InChI=1S/C14H17NO4S/c1-8(16)20-6-5-11(17)14(19)10-4-2-3-9-7-12(18)15-13(9)10/h2-4,11,14,17,19H,5-7H2,1H3,(H,15,18). The van der Waals surface area contributed by atoms with Crippen LogP contribution in [0.1, 0.15) is 30.6 Å². The van der Waals surface area contributed by atoms with E-state index < -0.39 is 12.2 Å². The van der Waals surface area contributed by atoms with Crippen LogP contribution in [0.4, 0.5) is 5.69 Å². The van der Waals surface area contributed by atoms with Crippen LogP contribution in [0.15, 0.2) is 18.2 Å². The Morgan fingerprint density at radius 2 is 2.20 bits per heavy atom. The van der Waals surface area contributed by atoms with Crippen molar-refractivity contribution in [1.82, 2.24) is 0 Å². The minimum absolute atomic E-state index is 0.0143. The molecule has 3 N–H and O–H groups in total. The van der Waals surface area contributed by atoms with Crippen LogP contribution >= 0.6 is 11.8 Å². The predicted octanol–water partition coefficient (Wildman–Crippen LogP) is 1.25. The Morgan fingerprint density at radius 1 is 1.45 bits per heavy atom. The molecule has 0 saturated carbocycles. The average molecular weight is 295 g/mol. The number of carbonyl (C=O) groups is 2. The Morgan fingerprint density at radius 3 is 2.90 bits per heavy atom. The molecule has 5 nitrogen and oxygen atoms in total. The highest BCUT2D eigenvalue weighted by Crippen LogP contribution is 2.33. The lowest BCUT2D eigenvalue weighted by Gasteiger charge is -2.20. The number of hydrogen-bond donors (Lipinski definition) is 3. The highest BCUT2D eigenvalue weighted by atomic mass is 32.2. The minimum Gasteiger partial charge on any atom is -0.390 e. The Balaban J connectivity index is 2.06. The number of fused-ring (bicyclic) bond motifs is 1. The van der Waals surface area contributed by atoms with Crippen LogP contribution in [0, 0.1) is 0 Å².